The van der Waals surface area contributed by atoms with Gasteiger partial charge in [0.25, 0.3) is 0 Å². The van der Waals surface area contributed by atoms with Crippen LogP contribution in [-0.2, 0) is 22.4 Å². The SMILES string of the molecule is CCCCCNC(=O)CN(CC(=O)N(C)C1Cc2ccccc2C1)c1cc2onc(C)c2cc1C. The van der Waals surface area contributed by atoms with Gasteiger partial charge in [-0.25, -0.2) is 0 Å². The first-order valence-electron chi connectivity index (χ1n) is 12.6. The number of hydrogen-bond acceptors (Lipinski definition) is 5. The summed E-state index contributed by atoms with van der Waals surface area (Å²) in [5.41, 5.74) is 5.89. The van der Waals surface area contributed by atoms with Gasteiger partial charge in [-0.15, -0.1) is 0 Å². The number of aryl methyl sites for hydroxylation is 2. The number of carbonyl (C=O) groups is 2. The van der Waals surface area contributed by atoms with Crippen LogP contribution in [0.1, 0.15) is 48.6 Å². The predicted molar refractivity (Wildman–Crippen MR) is 139 cm³/mol. The van der Waals surface area contributed by atoms with Gasteiger partial charge >= 0.3 is 0 Å². The molecule has 7 heteroatoms. The van der Waals surface area contributed by atoms with Gasteiger partial charge in [0.05, 0.1) is 18.8 Å². The molecule has 0 atom stereocenters. The molecule has 0 fully saturated rings. The third kappa shape index (κ3) is 5.66. The van der Waals surface area contributed by atoms with Gasteiger partial charge in [-0.05, 0) is 55.9 Å². The van der Waals surface area contributed by atoms with E-state index in [-0.39, 0.29) is 30.9 Å². The second-order valence-electron chi connectivity index (χ2n) is 9.65. The molecule has 35 heavy (non-hydrogen) atoms. The molecule has 0 aliphatic heterocycles. The zero-order valence-electron chi connectivity index (χ0n) is 21.3. The molecule has 1 aliphatic carbocycles. The van der Waals surface area contributed by atoms with Crippen LogP contribution in [0.4, 0.5) is 5.69 Å². The molecule has 1 aromatic heterocycles. The van der Waals surface area contributed by atoms with Crippen LogP contribution >= 0.6 is 0 Å². The molecule has 0 saturated carbocycles. The maximum Gasteiger partial charge on any atom is 0.242 e. The van der Waals surface area contributed by atoms with Crippen LogP contribution < -0.4 is 10.2 Å². The zero-order valence-corrected chi connectivity index (χ0v) is 21.3. The van der Waals surface area contributed by atoms with Crippen molar-refractivity contribution in [2.45, 2.75) is 58.9 Å². The molecule has 4 rings (SSSR count). The molecule has 0 radical (unpaired) electrons. The normalized spacial score (nSPS) is 13.1. The molecule has 2 aromatic carbocycles. The molecule has 0 bridgehead atoms. The first kappa shape index (κ1) is 24.8. The van der Waals surface area contributed by atoms with Crippen molar-refractivity contribution in [3.63, 3.8) is 0 Å². The van der Waals surface area contributed by atoms with E-state index in [9.17, 15) is 9.59 Å². The van der Waals surface area contributed by atoms with Crippen LogP contribution in [0.25, 0.3) is 11.0 Å². The lowest BCUT2D eigenvalue weighted by atomic mass is 10.1. The van der Waals surface area contributed by atoms with Crippen LogP contribution in [0.3, 0.4) is 0 Å². The van der Waals surface area contributed by atoms with Crippen LogP contribution in [0.5, 0.6) is 0 Å². The van der Waals surface area contributed by atoms with Crippen LogP contribution in [0.2, 0.25) is 0 Å². The molecule has 0 unspecified atom stereocenters. The number of aromatic nitrogens is 1. The van der Waals surface area contributed by atoms with E-state index >= 15 is 0 Å². The molecule has 1 N–H and O–H groups in total. The lowest BCUT2D eigenvalue weighted by Crippen LogP contribution is -2.46. The van der Waals surface area contributed by atoms with Gasteiger partial charge in [0, 0.05) is 36.8 Å². The first-order chi connectivity index (χ1) is 16.9. The first-order valence-corrected chi connectivity index (χ1v) is 12.6. The average Bonchev–Trinajstić information content (AvgIpc) is 3.44. The van der Waals surface area contributed by atoms with Crippen LogP contribution in [0.15, 0.2) is 40.9 Å². The van der Waals surface area contributed by atoms with Gasteiger partial charge in [0.15, 0.2) is 5.58 Å². The number of unbranched alkanes of at least 4 members (excludes halogenated alkanes) is 2. The van der Waals surface area contributed by atoms with E-state index in [0.717, 1.165) is 54.4 Å². The lowest BCUT2D eigenvalue weighted by molar-refractivity contribution is -0.130. The smallest absolute Gasteiger partial charge is 0.242 e. The number of nitrogens with zero attached hydrogens (tertiary/aromatic N) is 3. The molecule has 186 valence electrons. The van der Waals surface area contributed by atoms with E-state index in [0.29, 0.717) is 12.1 Å². The van der Waals surface area contributed by atoms with Crippen molar-refractivity contribution in [3.8, 4) is 0 Å². The lowest BCUT2D eigenvalue weighted by Gasteiger charge is -2.30. The summed E-state index contributed by atoms with van der Waals surface area (Å²) >= 11 is 0. The predicted octanol–water partition coefficient (Wildman–Crippen LogP) is 4.18. The standard InChI is InChI=1S/C28H36N4O3/c1-5-6-9-12-29-27(33)17-32(25-16-26-24(13-19(25)2)20(3)30-35-26)18-28(34)31(4)23-14-21-10-7-8-11-22(21)15-23/h7-8,10-11,13,16,23H,5-6,9,12,14-15,17-18H2,1-4H3,(H,29,33). The van der Waals surface area contributed by atoms with Crippen molar-refractivity contribution >= 4 is 28.5 Å². The van der Waals surface area contributed by atoms with E-state index in [4.69, 9.17) is 4.52 Å². The summed E-state index contributed by atoms with van der Waals surface area (Å²) < 4.78 is 5.49. The third-order valence-corrected chi connectivity index (χ3v) is 7.04. The second kappa shape index (κ2) is 10.9. The summed E-state index contributed by atoms with van der Waals surface area (Å²) in [7, 11) is 1.87. The average molecular weight is 477 g/mol. The maximum absolute atomic E-state index is 13.4. The van der Waals surface area contributed by atoms with E-state index in [1.807, 2.05) is 55.0 Å². The Labute approximate surface area is 207 Å². The van der Waals surface area contributed by atoms with E-state index in [2.05, 4.69) is 29.5 Å². The van der Waals surface area contributed by atoms with Crippen molar-refractivity contribution in [1.29, 1.82) is 0 Å². The Bertz CT molecular complexity index is 1180. The Morgan fingerprint density at radius 3 is 2.49 bits per heavy atom. The topological polar surface area (TPSA) is 78.7 Å². The number of anilines is 1. The summed E-state index contributed by atoms with van der Waals surface area (Å²) in [6.45, 7) is 6.91. The highest BCUT2D eigenvalue weighted by Gasteiger charge is 2.29. The molecule has 0 spiro atoms. The van der Waals surface area contributed by atoms with Gasteiger partial charge < -0.3 is 19.6 Å². The molecule has 0 saturated heterocycles. The summed E-state index contributed by atoms with van der Waals surface area (Å²) in [5.74, 6) is -0.0899. The Morgan fingerprint density at radius 1 is 1.09 bits per heavy atom. The van der Waals surface area contributed by atoms with Gasteiger partial charge in [0.1, 0.15) is 0 Å². The van der Waals surface area contributed by atoms with Crippen molar-refractivity contribution < 1.29 is 14.1 Å². The fraction of sp³-hybridized carbons (Fsp3) is 0.464. The summed E-state index contributed by atoms with van der Waals surface area (Å²) in [5, 5.41) is 8.02. The molecule has 1 heterocycles. The Hall–Kier alpha value is -3.35. The van der Waals surface area contributed by atoms with E-state index in [1.54, 1.807) is 0 Å². The largest absolute Gasteiger partial charge is 0.356 e. The maximum atomic E-state index is 13.4. The number of rotatable bonds is 10. The Balaban J connectivity index is 1.52. The van der Waals surface area contributed by atoms with Crippen molar-refractivity contribution in [1.82, 2.24) is 15.4 Å². The number of likely N-dealkylation sites (N-methyl/N-ethyl adjacent to an activating group) is 1. The molecular weight excluding hydrogens is 440 g/mol. The van der Waals surface area contributed by atoms with Crippen LogP contribution in [-0.4, -0.2) is 54.6 Å². The minimum atomic E-state index is -0.0851. The number of benzene rings is 2. The molecule has 3 aromatic rings. The minimum Gasteiger partial charge on any atom is -0.356 e. The molecular formula is C28H36N4O3. The van der Waals surface area contributed by atoms with E-state index in [1.165, 1.54) is 11.1 Å². The Morgan fingerprint density at radius 2 is 1.80 bits per heavy atom. The van der Waals surface area contributed by atoms with Gasteiger partial charge in [-0.1, -0.05) is 49.2 Å². The highest BCUT2D eigenvalue weighted by molar-refractivity contribution is 5.90. The highest BCUT2D eigenvalue weighted by Crippen LogP contribution is 2.29. The summed E-state index contributed by atoms with van der Waals surface area (Å²) in [6.07, 6.45) is 4.85. The third-order valence-electron chi connectivity index (χ3n) is 7.04. The number of carbonyl (C=O) groups excluding carboxylic acids is 2. The summed E-state index contributed by atoms with van der Waals surface area (Å²) in [6, 6.07) is 12.4. The van der Waals surface area contributed by atoms with E-state index < -0.39 is 0 Å². The van der Waals surface area contributed by atoms with Crippen molar-refractivity contribution in [2.24, 2.45) is 0 Å². The quantitative estimate of drug-likeness (QED) is 0.444. The van der Waals surface area contributed by atoms with Crippen LogP contribution in [0, 0.1) is 13.8 Å². The van der Waals surface area contributed by atoms with Crippen molar-refractivity contribution in [2.75, 3.05) is 31.6 Å². The fourth-order valence-electron chi connectivity index (χ4n) is 4.89. The highest BCUT2D eigenvalue weighted by atomic mass is 16.5. The van der Waals surface area contributed by atoms with Crippen molar-refractivity contribution in [3.05, 3.63) is 58.8 Å². The van der Waals surface area contributed by atoms with Gasteiger partial charge in [0.2, 0.25) is 11.8 Å². The minimum absolute atomic E-state index is 0.00478. The van der Waals surface area contributed by atoms with Gasteiger partial charge in [-0.3, -0.25) is 9.59 Å². The second-order valence-corrected chi connectivity index (χ2v) is 9.65. The summed E-state index contributed by atoms with van der Waals surface area (Å²) in [4.78, 5) is 30.0. The Kier molecular flexibility index (Phi) is 7.73. The fourth-order valence-corrected chi connectivity index (χ4v) is 4.89. The number of nitrogens with one attached hydrogen (secondary N) is 1. The molecule has 1 aliphatic rings. The number of amides is 2. The number of hydrogen-bond donors (Lipinski definition) is 1. The van der Waals surface area contributed by atoms with Gasteiger partial charge in [-0.2, -0.15) is 0 Å². The number of fused-ring (bicyclic) bond motifs is 2. The molecule has 2 amide bonds. The monoisotopic (exact) mass is 476 g/mol. The molecule has 7 nitrogen and oxygen atoms in total. The zero-order chi connectivity index (χ0) is 24.9.